The van der Waals surface area contributed by atoms with Crippen LogP contribution in [0, 0.1) is 0 Å². The Morgan fingerprint density at radius 3 is 2.54 bits per heavy atom. The highest BCUT2D eigenvalue weighted by molar-refractivity contribution is 6.42. The first-order chi connectivity index (χ1) is 11.8. The molecule has 7 nitrogen and oxygen atoms in total. The molecule has 0 bridgehead atoms. The zero-order chi connectivity index (χ0) is 18.6. The summed E-state index contributed by atoms with van der Waals surface area (Å²) in [5.74, 6) is -0.574. The predicted octanol–water partition coefficient (Wildman–Crippen LogP) is 2.51. The Kier molecular flexibility index (Phi) is 8.36. The monoisotopic (exact) mass is 419 g/mol. The third kappa shape index (κ3) is 5.60. The number of aromatic nitrogens is 2. The second kappa shape index (κ2) is 9.78. The van der Waals surface area contributed by atoms with Gasteiger partial charge in [0.2, 0.25) is 11.8 Å². The maximum Gasteiger partial charge on any atom is 0.244 e. The molecule has 1 aromatic carbocycles. The van der Waals surface area contributed by atoms with Gasteiger partial charge in [0.05, 0.1) is 22.8 Å². The van der Waals surface area contributed by atoms with Crippen LogP contribution in [-0.2, 0) is 16.6 Å². The van der Waals surface area contributed by atoms with Gasteiger partial charge in [-0.3, -0.25) is 14.3 Å². The number of carbonyl (C=O) groups excluding carboxylic acids is 2. The van der Waals surface area contributed by atoms with Gasteiger partial charge in [-0.2, -0.15) is 5.10 Å². The van der Waals surface area contributed by atoms with E-state index in [0.29, 0.717) is 15.7 Å². The summed E-state index contributed by atoms with van der Waals surface area (Å²) in [4.78, 5) is 26.1. The molecule has 2 aromatic rings. The van der Waals surface area contributed by atoms with Crippen LogP contribution in [0.15, 0.2) is 30.6 Å². The molecular formula is C16H20Cl3N5O2. The Morgan fingerprint density at radius 1 is 1.31 bits per heavy atom. The lowest BCUT2D eigenvalue weighted by atomic mass is 10.1. The van der Waals surface area contributed by atoms with Crippen molar-refractivity contribution in [3.63, 3.8) is 0 Å². The van der Waals surface area contributed by atoms with Crippen LogP contribution in [0.3, 0.4) is 0 Å². The second-order valence-corrected chi connectivity index (χ2v) is 6.35. The first-order valence-corrected chi connectivity index (χ1v) is 8.23. The number of hydrogen-bond acceptors (Lipinski definition) is 4. The van der Waals surface area contributed by atoms with Crippen LogP contribution in [0.25, 0.3) is 0 Å². The van der Waals surface area contributed by atoms with E-state index in [9.17, 15) is 9.59 Å². The van der Waals surface area contributed by atoms with Crippen LogP contribution >= 0.6 is 35.6 Å². The summed E-state index contributed by atoms with van der Waals surface area (Å²) in [6.07, 6.45) is 3.37. The first-order valence-electron chi connectivity index (χ1n) is 7.47. The molecule has 0 fully saturated rings. The van der Waals surface area contributed by atoms with Gasteiger partial charge < -0.3 is 15.5 Å². The fourth-order valence-corrected chi connectivity index (χ4v) is 2.61. The van der Waals surface area contributed by atoms with Gasteiger partial charge >= 0.3 is 0 Å². The van der Waals surface area contributed by atoms with Crippen molar-refractivity contribution in [3.8, 4) is 0 Å². The maximum absolute atomic E-state index is 12.6. The fraction of sp³-hybridized carbons (Fsp3) is 0.312. The van der Waals surface area contributed by atoms with Crippen molar-refractivity contribution in [1.29, 1.82) is 0 Å². The average Bonchev–Trinajstić information content (AvgIpc) is 2.97. The molecule has 26 heavy (non-hydrogen) atoms. The van der Waals surface area contributed by atoms with E-state index in [1.807, 2.05) is 0 Å². The number of carbonyl (C=O) groups is 2. The maximum atomic E-state index is 12.6. The second-order valence-electron chi connectivity index (χ2n) is 5.54. The van der Waals surface area contributed by atoms with E-state index in [4.69, 9.17) is 23.2 Å². The van der Waals surface area contributed by atoms with E-state index in [1.165, 1.54) is 4.90 Å². The summed E-state index contributed by atoms with van der Waals surface area (Å²) in [6.45, 7) is -0.0997. The third-order valence-corrected chi connectivity index (χ3v) is 4.29. The minimum absolute atomic E-state index is 0. The van der Waals surface area contributed by atoms with Gasteiger partial charge in [0, 0.05) is 31.5 Å². The molecule has 0 saturated heterocycles. The molecule has 1 heterocycles. The van der Waals surface area contributed by atoms with Gasteiger partial charge in [-0.25, -0.2) is 0 Å². The molecule has 1 atom stereocenters. The van der Waals surface area contributed by atoms with Crippen LogP contribution in [0.5, 0.6) is 0 Å². The number of likely N-dealkylation sites (N-methyl/N-ethyl adjacent to an activating group) is 2. The summed E-state index contributed by atoms with van der Waals surface area (Å²) < 4.78 is 1.62. The number of anilines is 1. The highest BCUT2D eigenvalue weighted by atomic mass is 35.5. The molecule has 2 rings (SSSR count). The average molecular weight is 421 g/mol. The van der Waals surface area contributed by atoms with Gasteiger partial charge in [0.15, 0.2) is 0 Å². The van der Waals surface area contributed by atoms with Crippen molar-refractivity contribution in [1.82, 2.24) is 20.0 Å². The van der Waals surface area contributed by atoms with Crippen LogP contribution in [0.4, 0.5) is 5.69 Å². The van der Waals surface area contributed by atoms with Crippen LogP contribution < -0.4 is 10.6 Å². The van der Waals surface area contributed by atoms with Gasteiger partial charge in [-0.05, 0) is 25.2 Å². The molecular weight excluding hydrogens is 401 g/mol. The third-order valence-electron chi connectivity index (χ3n) is 3.55. The van der Waals surface area contributed by atoms with E-state index in [-0.39, 0.29) is 30.8 Å². The number of rotatable bonds is 6. The van der Waals surface area contributed by atoms with Crippen molar-refractivity contribution in [3.05, 3.63) is 46.2 Å². The largest absolute Gasteiger partial charge is 0.335 e. The molecule has 0 aliphatic heterocycles. The fourth-order valence-electron chi connectivity index (χ4n) is 2.31. The SMILES string of the molecule is CNC(C(=O)N(C)CC(=O)Nc1ccc(Cl)c(Cl)c1)c1cnn(C)c1.Cl. The molecule has 1 aromatic heterocycles. The van der Waals surface area contributed by atoms with E-state index >= 15 is 0 Å². The molecule has 1 unspecified atom stereocenters. The molecule has 2 N–H and O–H groups in total. The lowest BCUT2D eigenvalue weighted by Gasteiger charge is -2.22. The quantitative estimate of drug-likeness (QED) is 0.752. The molecule has 0 aliphatic carbocycles. The van der Waals surface area contributed by atoms with E-state index < -0.39 is 6.04 Å². The van der Waals surface area contributed by atoms with Gasteiger partial charge in [-0.15, -0.1) is 12.4 Å². The Bertz CT molecular complexity index is 781. The molecule has 0 saturated carbocycles. The number of halogens is 3. The zero-order valence-corrected chi connectivity index (χ0v) is 16.8. The number of benzene rings is 1. The van der Waals surface area contributed by atoms with Crippen molar-refractivity contribution in [2.45, 2.75) is 6.04 Å². The van der Waals surface area contributed by atoms with E-state index in [0.717, 1.165) is 5.56 Å². The number of nitrogens with one attached hydrogen (secondary N) is 2. The highest BCUT2D eigenvalue weighted by Gasteiger charge is 2.24. The first kappa shape index (κ1) is 22.2. The standard InChI is InChI=1S/C16H19Cl2N5O2.ClH/c1-19-15(10-7-20-23(3)8-10)16(25)22(2)9-14(24)21-11-4-5-12(17)13(18)6-11;/h4-8,15,19H,9H2,1-3H3,(H,21,24);1H. The van der Waals surface area contributed by atoms with Crippen LogP contribution in [0.2, 0.25) is 10.0 Å². The number of aryl methyl sites for hydroxylation is 1. The summed E-state index contributed by atoms with van der Waals surface area (Å²) in [7, 11) is 5.02. The number of nitrogens with zero attached hydrogens (tertiary/aromatic N) is 3. The van der Waals surface area contributed by atoms with E-state index in [2.05, 4.69) is 15.7 Å². The predicted molar refractivity (Wildman–Crippen MR) is 105 cm³/mol. The molecule has 0 aliphatic rings. The Labute approximate surface area is 168 Å². The Balaban J connectivity index is 0.00000338. The van der Waals surface area contributed by atoms with Crippen molar-refractivity contribution >= 4 is 53.1 Å². The van der Waals surface area contributed by atoms with Crippen LogP contribution in [0.1, 0.15) is 11.6 Å². The minimum Gasteiger partial charge on any atom is -0.335 e. The summed E-state index contributed by atoms with van der Waals surface area (Å²) in [6, 6.07) is 4.21. The highest BCUT2D eigenvalue weighted by Crippen LogP contribution is 2.25. The number of hydrogen-bond donors (Lipinski definition) is 2. The Morgan fingerprint density at radius 2 is 2.00 bits per heavy atom. The zero-order valence-electron chi connectivity index (χ0n) is 14.5. The van der Waals surface area contributed by atoms with Crippen molar-refractivity contribution in [2.24, 2.45) is 7.05 Å². The van der Waals surface area contributed by atoms with Gasteiger partial charge in [0.25, 0.3) is 0 Å². The van der Waals surface area contributed by atoms with Crippen LogP contribution in [-0.4, -0.2) is 47.1 Å². The lowest BCUT2D eigenvalue weighted by molar-refractivity contribution is -0.135. The van der Waals surface area contributed by atoms with E-state index in [1.54, 1.807) is 56.4 Å². The summed E-state index contributed by atoms with van der Waals surface area (Å²) >= 11 is 11.8. The minimum atomic E-state index is -0.573. The van der Waals surface area contributed by atoms with Gasteiger partial charge in [-0.1, -0.05) is 23.2 Å². The molecule has 2 amide bonds. The Hall–Kier alpha value is -1.80. The molecule has 0 radical (unpaired) electrons. The van der Waals surface area contributed by atoms with Gasteiger partial charge in [0.1, 0.15) is 6.04 Å². The van der Waals surface area contributed by atoms with Crippen molar-refractivity contribution < 1.29 is 9.59 Å². The smallest absolute Gasteiger partial charge is 0.244 e. The molecule has 10 heteroatoms. The topological polar surface area (TPSA) is 79.3 Å². The molecule has 142 valence electrons. The summed E-state index contributed by atoms with van der Waals surface area (Å²) in [5.41, 5.74) is 1.24. The normalized spacial score (nSPS) is 11.4. The lowest BCUT2D eigenvalue weighted by Crippen LogP contribution is -2.41. The number of amides is 2. The van der Waals surface area contributed by atoms with Crippen molar-refractivity contribution in [2.75, 3.05) is 26.0 Å². The molecule has 0 spiro atoms. The summed E-state index contributed by atoms with van der Waals surface area (Å²) in [5, 5.41) is 10.4.